The van der Waals surface area contributed by atoms with Crippen LogP contribution in [0.4, 0.5) is 0 Å². The standard InChI is InChI=1S/C15H21ClN2O2/c1-10(2)18(11(3)4)15(20)14(19)17-9-12-7-5-6-8-13(12)16/h5-8,10-11H,9H2,1-4H3,(H,17,19). The lowest BCUT2D eigenvalue weighted by molar-refractivity contribution is -0.148. The third kappa shape index (κ3) is 4.23. The highest BCUT2D eigenvalue weighted by molar-refractivity contribution is 6.35. The summed E-state index contributed by atoms with van der Waals surface area (Å²) in [7, 11) is 0. The fourth-order valence-electron chi connectivity index (χ4n) is 2.08. The van der Waals surface area contributed by atoms with E-state index in [0.29, 0.717) is 5.02 Å². The summed E-state index contributed by atoms with van der Waals surface area (Å²) >= 11 is 6.00. The maximum absolute atomic E-state index is 12.1. The van der Waals surface area contributed by atoms with Crippen LogP contribution in [0.3, 0.4) is 0 Å². The Morgan fingerprint density at radius 1 is 1.15 bits per heavy atom. The van der Waals surface area contributed by atoms with Crippen molar-refractivity contribution in [1.29, 1.82) is 0 Å². The monoisotopic (exact) mass is 296 g/mol. The fourth-order valence-corrected chi connectivity index (χ4v) is 2.28. The summed E-state index contributed by atoms with van der Waals surface area (Å²) in [6, 6.07) is 7.18. The molecule has 1 N–H and O–H groups in total. The molecule has 2 amide bonds. The normalized spacial score (nSPS) is 10.8. The molecule has 0 radical (unpaired) electrons. The van der Waals surface area contributed by atoms with Crippen LogP contribution in [0.15, 0.2) is 24.3 Å². The fraction of sp³-hybridized carbons (Fsp3) is 0.467. The van der Waals surface area contributed by atoms with Gasteiger partial charge in [0.15, 0.2) is 0 Å². The molecule has 0 saturated carbocycles. The first kappa shape index (κ1) is 16.5. The maximum Gasteiger partial charge on any atom is 0.312 e. The van der Waals surface area contributed by atoms with Gasteiger partial charge in [-0.15, -0.1) is 0 Å². The number of amides is 2. The molecule has 0 spiro atoms. The minimum Gasteiger partial charge on any atom is -0.344 e. The molecule has 5 heteroatoms. The van der Waals surface area contributed by atoms with E-state index in [1.54, 1.807) is 11.0 Å². The molecule has 0 unspecified atom stereocenters. The lowest BCUT2D eigenvalue weighted by Crippen LogP contribution is -2.49. The molecule has 0 bridgehead atoms. The van der Waals surface area contributed by atoms with Gasteiger partial charge in [-0.2, -0.15) is 0 Å². The molecule has 1 rings (SSSR count). The SMILES string of the molecule is CC(C)N(C(=O)C(=O)NCc1ccccc1Cl)C(C)C. The van der Waals surface area contributed by atoms with Gasteiger partial charge >= 0.3 is 11.8 Å². The third-order valence-electron chi connectivity index (χ3n) is 2.94. The molecule has 1 aromatic carbocycles. The molecule has 0 aromatic heterocycles. The Kier molecular flexibility index (Phi) is 6.02. The third-order valence-corrected chi connectivity index (χ3v) is 3.31. The van der Waals surface area contributed by atoms with Crippen LogP contribution >= 0.6 is 11.6 Å². The molecule has 4 nitrogen and oxygen atoms in total. The summed E-state index contributed by atoms with van der Waals surface area (Å²) in [6.07, 6.45) is 0. The van der Waals surface area contributed by atoms with Crippen molar-refractivity contribution in [3.05, 3.63) is 34.9 Å². The van der Waals surface area contributed by atoms with Gasteiger partial charge < -0.3 is 10.2 Å². The van der Waals surface area contributed by atoms with Crippen molar-refractivity contribution >= 4 is 23.4 Å². The zero-order chi connectivity index (χ0) is 15.3. The lowest BCUT2D eigenvalue weighted by atomic mass is 10.2. The molecule has 0 aliphatic carbocycles. The van der Waals surface area contributed by atoms with E-state index in [4.69, 9.17) is 11.6 Å². The highest BCUT2D eigenvalue weighted by Gasteiger charge is 2.26. The van der Waals surface area contributed by atoms with E-state index >= 15 is 0 Å². The molecule has 20 heavy (non-hydrogen) atoms. The van der Waals surface area contributed by atoms with E-state index in [0.717, 1.165) is 5.56 Å². The predicted octanol–water partition coefficient (Wildman–Crippen LogP) is 2.60. The minimum atomic E-state index is -0.604. The quantitative estimate of drug-likeness (QED) is 0.868. The highest BCUT2D eigenvalue weighted by atomic mass is 35.5. The van der Waals surface area contributed by atoms with Crippen LogP contribution in [-0.4, -0.2) is 28.8 Å². The number of nitrogens with one attached hydrogen (secondary N) is 1. The van der Waals surface area contributed by atoms with Gasteiger partial charge in [-0.3, -0.25) is 9.59 Å². The van der Waals surface area contributed by atoms with Gasteiger partial charge in [0.05, 0.1) is 0 Å². The number of carbonyl (C=O) groups is 2. The van der Waals surface area contributed by atoms with Crippen molar-refractivity contribution in [3.8, 4) is 0 Å². The van der Waals surface area contributed by atoms with Crippen LogP contribution in [0.5, 0.6) is 0 Å². The van der Waals surface area contributed by atoms with Crippen molar-refractivity contribution in [3.63, 3.8) is 0 Å². The molecule has 0 aliphatic rings. The average molecular weight is 297 g/mol. The Hall–Kier alpha value is -1.55. The Balaban J connectivity index is 2.67. The summed E-state index contributed by atoms with van der Waals surface area (Å²) in [4.78, 5) is 25.6. The van der Waals surface area contributed by atoms with Crippen LogP contribution in [0.25, 0.3) is 0 Å². The number of carbonyl (C=O) groups excluding carboxylic acids is 2. The minimum absolute atomic E-state index is 0.0198. The number of hydrogen-bond donors (Lipinski definition) is 1. The number of halogens is 1. The largest absolute Gasteiger partial charge is 0.344 e. The zero-order valence-corrected chi connectivity index (χ0v) is 13.1. The summed E-state index contributed by atoms with van der Waals surface area (Å²) < 4.78 is 0. The molecular weight excluding hydrogens is 276 g/mol. The predicted molar refractivity (Wildman–Crippen MR) is 80.4 cm³/mol. The highest BCUT2D eigenvalue weighted by Crippen LogP contribution is 2.14. The summed E-state index contributed by atoms with van der Waals surface area (Å²) in [5, 5.41) is 3.19. The van der Waals surface area contributed by atoms with Gasteiger partial charge in [0.1, 0.15) is 0 Å². The van der Waals surface area contributed by atoms with Crippen molar-refractivity contribution in [2.75, 3.05) is 0 Å². The van der Waals surface area contributed by atoms with Crippen molar-refractivity contribution in [1.82, 2.24) is 10.2 Å². The Bertz CT molecular complexity index is 479. The van der Waals surface area contributed by atoms with Crippen molar-refractivity contribution in [2.24, 2.45) is 0 Å². The van der Waals surface area contributed by atoms with Crippen LogP contribution in [0.1, 0.15) is 33.3 Å². The van der Waals surface area contributed by atoms with E-state index in [2.05, 4.69) is 5.32 Å². The molecule has 0 fully saturated rings. The van der Waals surface area contributed by atoms with Crippen LogP contribution in [0.2, 0.25) is 5.02 Å². The Labute approximate surface area is 125 Å². The number of benzene rings is 1. The van der Waals surface area contributed by atoms with E-state index in [-0.39, 0.29) is 18.6 Å². The molecule has 0 aliphatic heterocycles. The van der Waals surface area contributed by atoms with Gasteiger partial charge in [-0.1, -0.05) is 29.8 Å². The second kappa shape index (κ2) is 7.29. The topological polar surface area (TPSA) is 49.4 Å². The molecule has 0 saturated heterocycles. The van der Waals surface area contributed by atoms with Crippen molar-refractivity contribution < 1.29 is 9.59 Å². The first-order chi connectivity index (χ1) is 9.34. The number of nitrogens with zero attached hydrogens (tertiary/aromatic N) is 1. The Morgan fingerprint density at radius 2 is 1.70 bits per heavy atom. The van der Waals surface area contributed by atoms with Crippen molar-refractivity contribution in [2.45, 2.75) is 46.3 Å². The molecule has 0 heterocycles. The van der Waals surface area contributed by atoms with E-state index in [1.165, 1.54) is 0 Å². The van der Waals surface area contributed by atoms with Crippen LogP contribution in [0, 0.1) is 0 Å². The summed E-state index contributed by atoms with van der Waals surface area (Å²) in [6.45, 7) is 7.80. The number of hydrogen-bond acceptors (Lipinski definition) is 2. The average Bonchev–Trinajstić information content (AvgIpc) is 2.36. The first-order valence-corrected chi connectivity index (χ1v) is 7.06. The summed E-state index contributed by atoms with van der Waals surface area (Å²) in [5.74, 6) is -1.12. The maximum atomic E-state index is 12.1. The van der Waals surface area contributed by atoms with Gasteiger partial charge in [-0.05, 0) is 39.3 Å². The zero-order valence-electron chi connectivity index (χ0n) is 12.3. The molecule has 0 atom stereocenters. The summed E-state index contributed by atoms with van der Waals surface area (Å²) in [5.41, 5.74) is 0.788. The van der Waals surface area contributed by atoms with E-state index in [1.807, 2.05) is 45.9 Å². The van der Waals surface area contributed by atoms with Crippen LogP contribution < -0.4 is 5.32 Å². The number of rotatable bonds is 4. The van der Waals surface area contributed by atoms with Gasteiger partial charge in [0, 0.05) is 23.7 Å². The molecule has 1 aromatic rings. The molecule has 110 valence electrons. The van der Waals surface area contributed by atoms with E-state index in [9.17, 15) is 9.59 Å². The van der Waals surface area contributed by atoms with Gasteiger partial charge in [0.25, 0.3) is 0 Å². The Morgan fingerprint density at radius 3 is 2.20 bits per heavy atom. The van der Waals surface area contributed by atoms with E-state index < -0.39 is 11.8 Å². The lowest BCUT2D eigenvalue weighted by Gasteiger charge is -2.30. The second-order valence-electron chi connectivity index (χ2n) is 5.17. The smallest absolute Gasteiger partial charge is 0.312 e. The van der Waals surface area contributed by atoms with Gasteiger partial charge in [0.2, 0.25) is 0 Å². The van der Waals surface area contributed by atoms with Crippen LogP contribution in [-0.2, 0) is 16.1 Å². The second-order valence-corrected chi connectivity index (χ2v) is 5.58. The molecular formula is C15H21ClN2O2. The first-order valence-electron chi connectivity index (χ1n) is 6.68. The van der Waals surface area contributed by atoms with Gasteiger partial charge in [-0.25, -0.2) is 0 Å².